The van der Waals surface area contributed by atoms with Crippen LogP contribution in [-0.4, -0.2) is 53.9 Å². The van der Waals surface area contributed by atoms with Crippen LogP contribution in [0.15, 0.2) is 28.8 Å². The monoisotopic (exact) mass is 294 g/mol. The van der Waals surface area contributed by atoms with E-state index in [1.54, 1.807) is 23.1 Å². The highest BCUT2D eigenvalue weighted by Gasteiger charge is 2.15. The highest BCUT2D eigenvalue weighted by atomic mass is 16.5. The van der Waals surface area contributed by atoms with Gasteiger partial charge in [0.1, 0.15) is 11.5 Å². The van der Waals surface area contributed by atoms with Gasteiger partial charge in [-0.1, -0.05) is 5.16 Å². The molecule has 0 spiro atoms. The van der Waals surface area contributed by atoms with Crippen molar-refractivity contribution in [2.75, 3.05) is 38.3 Å². The summed E-state index contributed by atoms with van der Waals surface area (Å²) in [5.41, 5.74) is 0.488. The maximum atomic E-state index is 9.97. The molecule has 0 fully saturated rings. The lowest BCUT2D eigenvalue weighted by atomic mass is 10.1. The minimum Gasteiger partial charge on any atom is -0.507 e. The summed E-state index contributed by atoms with van der Waals surface area (Å²) < 4.78 is 10.2. The van der Waals surface area contributed by atoms with Gasteiger partial charge in [-0.3, -0.25) is 0 Å². The van der Waals surface area contributed by atoms with Crippen molar-refractivity contribution in [3.8, 4) is 22.8 Å². The van der Waals surface area contributed by atoms with Crippen molar-refractivity contribution in [2.45, 2.75) is 0 Å². The number of ether oxygens (including phenoxy) is 1. The molecule has 0 radical (unpaired) electrons. The third-order valence-corrected chi connectivity index (χ3v) is 3.03. The summed E-state index contributed by atoms with van der Waals surface area (Å²) in [6.07, 6.45) is 0. The number of aromatic nitrogens is 1. The fraction of sp³-hybridized carbons (Fsp3) is 0.357. The lowest BCUT2D eigenvalue weighted by molar-refractivity contribution is 0.279. The summed E-state index contributed by atoms with van der Waals surface area (Å²) in [6, 6.07) is 6.50. The zero-order valence-corrected chi connectivity index (χ0v) is 11.7. The van der Waals surface area contributed by atoms with E-state index >= 15 is 0 Å². The van der Waals surface area contributed by atoms with E-state index in [1.165, 1.54) is 13.2 Å². The molecular weight excluding hydrogens is 276 g/mol. The van der Waals surface area contributed by atoms with Crippen molar-refractivity contribution in [3.05, 3.63) is 24.3 Å². The predicted molar refractivity (Wildman–Crippen MR) is 76.5 cm³/mol. The largest absolute Gasteiger partial charge is 0.507 e. The summed E-state index contributed by atoms with van der Waals surface area (Å²) >= 11 is 0. The van der Waals surface area contributed by atoms with Gasteiger partial charge in [0.15, 0.2) is 11.6 Å². The van der Waals surface area contributed by atoms with E-state index in [-0.39, 0.29) is 19.0 Å². The average molecular weight is 294 g/mol. The highest BCUT2D eigenvalue weighted by Crippen LogP contribution is 2.34. The van der Waals surface area contributed by atoms with Crippen molar-refractivity contribution in [1.82, 2.24) is 5.16 Å². The maximum absolute atomic E-state index is 9.97. The molecule has 0 saturated heterocycles. The summed E-state index contributed by atoms with van der Waals surface area (Å²) in [5, 5.41) is 31.9. The molecule has 1 heterocycles. The third kappa shape index (κ3) is 3.45. The van der Waals surface area contributed by atoms with E-state index < -0.39 is 0 Å². The molecule has 0 atom stereocenters. The Balaban J connectivity index is 2.26. The highest BCUT2D eigenvalue weighted by molar-refractivity contribution is 5.68. The standard InChI is InChI=1S/C14H18N2O5/c1-20-10-2-3-11(12(19)8-10)13-9-14(15-21-13)16(4-6-17)5-7-18/h2-3,8-9,17-19H,4-7H2,1H3. The van der Waals surface area contributed by atoms with E-state index in [0.717, 1.165) is 0 Å². The molecule has 114 valence electrons. The number of aliphatic hydroxyl groups is 2. The number of nitrogens with zero attached hydrogens (tertiary/aromatic N) is 2. The molecule has 2 aromatic rings. The molecule has 0 saturated carbocycles. The van der Waals surface area contributed by atoms with Crippen LogP contribution in [0.5, 0.6) is 11.5 Å². The number of benzene rings is 1. The number of hydrogen-bond acceptors (Lipinski definition) is 7. The fourth-order valence-corrected chi connectivity index (χ4v) is 1.97. The van der Waals surface area contributed by atoms with Crippen molar-refractivity contribution >= 4 is 5.82 Å². The first-order valence-electron chi connectivity index (χ1n) is 6.50. The Morgan fingerprint density at radius 2 is 1.90 bits per heavy atom. The number of methoxy groups -OCH3 is 1. The molecule has 0 unspecified atom stereocenters. The smallest absolute Gasteiger partial charge is 0.172 e. The van der Waals surface area contributed by atoms with E-state index in [0.29, 0.717) is 36.0 Å². The number of aliphatic hydroxyl groups excluding tert-OH is 2. The molecule has 7 nitrogen and oxygen atoms in total. The van der Waals surface area contributed by atoms with Crippen LogP contribution < -0.4 is 9.64 Å². The van der Waals surface area contributed by atoms with Crippen LogP contribution in [-0.2, 0) is 0 Å². The summed E-state index contributed by atoms with van der Waals surface area (Å²) in [4.78, 5) is 1.69. The van der Waals surface area contributed by atoms with Crippen molar-refractivity contribution in [1.29, 1.82) is 0 Å². The van der Waals surface area contributed by atoms with Crippen molar-refractivity contribution in [2.24, 2.45) is 0 Å². The van der Waals surface area contributed by atoms with E-state index in [9.17, 15) is 5.11 Å². The molecule has 0 amide bonds. The molecule has 3 N–H and O–H groups in total. The molecule has 21 heavy (non-hydrogen) atoms. The minimum absolute atomic E-state index is 0.0212. The Morgan fingerprint density at radius 1 is 1.19 bits per heavy atom. The van der Waals surface area contributed by atoms with E-state index in [2.05, 4.69) is 5.16 Å². The van der Waals surface area contributed by atoms with Crippen LogP contribution in [0.2, 0.25) is 0 Å². The Labute approximate surface area is 122 Å². The molecule has 0 aliphatic rings. The summed E-state index contributed by atoms with van der Waals surface area (Å²) in [7, 11) is 1.52. The molecule has 1 aromatic carbocycles. The van der Waals surface area contributed by atoms with Crippen LogP contribution in [0.1, 0.15) is 0 Å². The van der Waals surface area contributed by atoms with Gasteiger partial charge in [0.2, 0.25) is 0 Å². The van der Waals surface area contributed by atoms with E-state index in [4.69, 9.17) is 19.5 Å². The molecule has 7 heteroatoms. The van der Waals surface area contributed by atoms with Crippen molar-refractivity contribution < 1.29 is 24.6 Å². The lowest BCUT2D eigenvalue weighted by Gasteiger charge is -2.18. The first-order valence-corrected chi connectivity index (χ1v) is 6.50. The van der Waals surface area contributed by atoms with Crippen LogP contribution in [0, 0.1) is 0 Å². The summed E-state index contributed by atoms with van der Waals surface area (Å²) in [5.74, 6) is 1.44. The fourth-order valence-electron chi connectivity index (χ4n) is 1.97. The molecular formula is C14H18N2O5. The number of anilines is 1. The Kier molecular flexibility index (Phi) is 5.02. The topological polar surface area (TPSA) is 99.2 Å². The Morgan fingerprint density at radius 3 is 2.48 bits per heavy atom. The molecule has 1 aromatic heterocycles. The predicted octanol–water partition coefficient (Wildman–Crippen LogP) is 0.847. The second kappa shape index (κ2) is 6.96. The number of aromatic hydroxyl groups is 1. The molecule has 2 rings (SSSR count). The van der Waals surface area contributed by atoms with Gasteiger partial charge in [0, 0.05) is 25.2 Å². The number of phenolic OH excluding ortho intramolecular Hbond substituents is 1. The van der Waals surface area contributed by atoms with Gasteiger partial charge in [-0.15, -0.1) is 0 Å². The zero-order chi connectivity index (χ0) is 15.2. The van der Waals surface area contributed by atoms with E-state index in [1.807, 2.05) is 0 Å². The number of hydrogen-bond donors (Lipinski definition) is 3. The normalized spacial score (nSPS) is 10.6. The van der Waals surface area contributed by atoms with Gasteiger partial charge in [-0.2, -0.15) is 0 Å². The zero-order valence-electron chi connectivity index (χ0n) is 11.7. The van der Waals surface area contributed by atoms with Gasteiger partial charge < -0.3 is 29.5 Å². The minimum atomic E-state index is -0.0595. The first kappa shape index (κ1) is 15.1. The Bertz CT molecular complexity index is 578. The quantitative estimate of drug-likeness (QED) is 0.696. The van der Waals surface area contributed by atoms with Gasteiger partial charge >= 0.3 is 0 Å². The van der Waals surface area contributed by atoms with Gasteiger partial charge in [-0.25, -0.2) is 0 Å². The third-order valence-electron chi connectivity index (χ3n) is 3.03. The number of rotatable bonds is 7. The van der Waals surface area contributed by atoms with Crippen LogP contribution in [0.4, 0.5) is 5.82 Å². The van der Waals surface area contributed by atoms with Gasteiger partial charge in [0.25, 0.3) is 0 Å². The summed E-state index contributed by atoms with van der Waals surface area (Å²) in [6.45, 7) is 0.550. The molecule has 0 bridgehead atoms. The second-order valence-electron chi connectivity index (χ2n) is 4.37. The van der Waals surface area contributed by atoms with Crippen molar-refractivity contribution in [3.63, 3.8) is 0 Å². The number of phenols is 1. The molecule has 0 aliphatic heterocycles. The SMILES string of the molecule is COc1ccc(-c2cc(N(CCO)CCO)no2)c(O)c1. The van der Waals surface area contributed by atoms with Crippen LogP contribution >= 0.6 is 0 Å². The second-order valence-corrected chi connectivity index (χ2v) is 4.37. The first-order chi connectivity index (χ1) is 10.2. The average Bonchev–Trinajstić information content (AvgIpc) is 2.96. The van der Waals surface area contributed by atoms with Gasteiger partial charge in [0.05, 0.1) is 25.9 Å². The Hall–Kier alpha value is -2.25. The van der Waals surface area contributed by atoms with Gasteiger partial charge in [-0.05, 0) is 12.1 Å². The maximum Gasteiger partial charge on any atom is 0.172 e. The van der Waals surface area contributed by atoms with Crippen LogP contribution in [0.3, 0.4) is 0 Å². The molecule has 0 aliphatic carbocycles. The van der Waals surface area contributed by atoms with Crippen LogP contribution in [0.25, 0.3) is 11.3 Å². The lowest BCUT2D eigenvalue weighted by Crippen LogP contribution is -2.29.